The molecule has 24 N–H and O–H groups in total. The molecule has 726 valence electrons. The number of phosphoric acid groups is 1. The van der Waals surface area contributed by atoms with Gasteiger partial charge in [-0.15, -0.1) is 0 Å². The fourth-order valence-electron chi connectivity index (χ4n) is 15.6. The molecule has 0 spiro atoms. The standard InChI is InChI=1S/C80H143O43P/c1-3-5-7-9-11-13-15-17-18-19-21-22-24-26-28-30-32-49(83)108-36-42(114-50(84)33-31-29-27-25-23-20-16-14-12-10-8-6-4-2)37-113-124(106,107)123-74-72(121-79-70(104)58(92)52(86)44(35-82)116-79)64(98)63(97)65(99)73(74)122-80-71(105)62(96)56(90)48(120-80)41-112-78-69(103)61(95)55(89)47(119-78)40-111-77-68(102)60(94)54(88)46(118-77)39-110-76-67(101)59(93)53(87)45(117-76)38-109-75-66(100)57(91)51(85)43(34-81)115-75/h18-19,42-48,51-82,85-105H,3-17,20-41H2,1-2H3,(H,106,107)/b19-18-/t42-,43?,44?,45?,46?,47?,48?,51+,52-,53+,54+,55+,56+,57?,58?,59?,60?,61?,62?,63+,64?,65?,66+,67+,68+,69+,70-,71+,72-,73?,74+,75-,76-,77-,78-,79-,80+/m1/s1. The summed E-state index contributed by atoms with van der Waals surface area (Å²) < 4.78 is 104. The van der Waals surface area contributed by atoms with Crippen molar-refractivity contribution in [2.24, 2.45) is 0 Å². The largest absolute Gasteiger partial charge is 0.472 e. The Morgan fingerprint density at radius 3 is 0.911 bits per heavy atom. The number of aliphatic hydroxyl groups excluding tert-OH is 23. The Morgan fingerprint density at radius 1 is 0.315 bits per heavy atom. The van der Waals surface area contributed by atoms with Crippen LogP contribution in [-0.4, -0.2) is 414 Å². The molecule has 124 heavy (non-hydrogen) atoms. The lowest BCUT2D eigenvalue weighted by atomic mass is 9.84. The normalized spacial score (nSPS) is 39.4. The van der Waals surface area contributed by atoms with Crippen LogP contribution in [0.4, 0.5) is 0 Å². The highest BCUT2D eigenvalue weighted by Gasteiger charge is 2.60. The Balaban J connectivity index is 0.999. The van der Waals surface area contributed by atoms with E-state index in [1.807, 2.05) is 0 Å². The summed E-state index contributed by atoms with van der Waals surface area (Å²) in [5, 5.41) is 250. The molecule has 1 aliphatic carbocycles. The van der Waals surface area contributed by atoms with E-state index in [0.717, 1.165) is 70.6 Å². The van der Waals surface area contributed by atoms with Gasteiger partial charge in [-0.05, 0) is 38.5 Å². The van der Waals surface area contributed by atoms with E-state index in [9.17, 15) is 136 Å². The van der Waals surface area contributed by atoms with Crippen molar-refractivity contribution in [3.05, 3.63) is 12.2 Å². The molecule has 0 amide bonds. The van der Waals surface area contributed by atoms with Crippen LogP contribution in [0.1, 0.15) is 200 Å². The van der Waals surface area contributed by atoms with Crippen molar-refractivity contribution in [1.29, 1.82) is 0 Å². The summed E-state index contributed by atoms with van der Waals surface area (Å²) in [6.45, 7) is -2.91. The molecule has 16 unspecified atom stereocenters. The van der Waals surface area contributed by atoms with Gasteiger partial charge in [-0.1, -0.05) is 161 Å². The fraction of sp³-hybridized carbons (Fsp3) is 0.950. The van der Waals surface area contributed by atoms with E-state index < -0.39 is 300 Å². The SMILES string of the molecule is CCCCCCCCC/C=C\CCCCCCCC(=O)OC[C@H](COP(=O)(O)O[C@@H]1C(O[C@@H]2OC(CO[C@@H]3OC(CO[C@@H]4OC(CO[C@@H]5OC(CO[C@@H]6OC(CO)[C@H](O)C(O)[C@@H]6O)[C@H](O)C(O)[C@@H]5O)[C@H](O)C(O)[C@@H]4O)[C@H](O)C(O)[C@@H]3O)[C@H](O)C(O)[C@@H]2O)C(O)[C@@H](O)C(O)[C@H]1O[C@H]1OC(CO)[C@@H](O)C(O)[C@H]1O)OC(=O)CCCCCCCCCCCCCCC. The summed E-state index contributed by atoms with van der Waals surface area (Å²) in [7, 11) is -5.89. The molecule has 7 aliphatic rings. The number of allylic oxidation sites excluding steroid dienone is 2. The molecule has 6 heterocycles. The van der Waals surface area contributed by atoms with Crippen molar-refractivity contribution in [3.8, 4) is 0 Å². The molecule has 7 fully saturated rings. The lowest BCUT2D eigenvalue weighted by molar-refractivity contribution is -0.365. The average molecular weight is 1820 g/mol. The van der Waals surface area contributed by atoms with E-state index in [4.69, 9.17) is 75.4 Å². The molecule has 0 aromatic carbocycles. The minimum absolute atomic E-state index is 0.0407. The minimum atomic E-state index is -5.89. The number of hydrogen-bond acceptors (Lipinski definition) is 42. The van der Waals surface area contributed by atoms with E-state index in [0.29, 0.717) is 25.7 Å². The highest BCUT2D eigenvalue weighted by Crippen LogP contribution is 2.49. The molecule has 6 saturated heterocycles. The molecular formula is C80H143O43P. The molecule has 43 nitrogen and oxygen atoms in total. The first-order valence-corrected chi connectivity index (χ1v) is 45.6. The first-order chi connectivity index (χ1) is 59.2. The van der Waals surface area contributed by atoms with Crippen LogP contribution in [0, 0.1) is 0 Å². The third-order valence-electron chi connectivity index (χ3n) is 23.5. The number of phosphoric ester groups is 1. The van der Waals surface area contributed by atoms with Crippen LogP contribution in [0.15, 0.2) is 12.2 Å². The minimum Gasteiger partial charge on any atom is -0.462 e. The lowest BCUT2D eigenvalue weighted by Crippen LogP contribution is -2.69. The summed E-state index contributed by atoms with van der Waals surface area (Å²) in [5.74, 6) is -1.51. The van der Waals surface area contributed by atoms with Crippen LogP contribution < -0.4 is 0 Å². The molecule has 38 atom stereocenters. The van der Waals surface area contributed by atoms with Gasteiger partial charge in [0.2, 0.25) is 0 Å². The maximum Gasteiger partial charge on any atom is 0.472 e. The molecule has 0 aromatic rings. The molecule has 0 aromatic heterocycles. The highest BCUT2D eigenvalue weighted by atomic mass is 31.2. The zero-order valence-corrected chi connectivity index (χ0v) is 71.5. The smallest absolute Gasteiger partial charge is 0.462 e. The zero-order chi connectivity index (χ0) is 90.9. The van der Waals surface area contributed by atoms with Crippen LogP contribution in [0.5, 0.6) is 0 Å². The van der Waals surface area contributed by atoms with Crippen LogP contribution >= 0.6 is 7.82 Å². The molecular weight excluding hydrogens is 1680 g/mol. The number of esters is 2. The number of rotatable bonds is 56. The van der Waals surface area contributed by atoms with Gasteiger partial charge in [0.15, 0.2) is 43.8 Å². The van der Waals surface area contributed by atoms with Crippen molar-refractivity contribution in [2.75, 3.05) is 52.9 Å². The van der Waals surface area contributed by atoms with E-state index in [1.54, 1.807) is 0 Å². The summed E-state index contributed by atoms with van der Waals surface area (Å²) >= 11 is 0. The number of hydrogen-bond donors (Lipinski definition) is 24. The van der Waals surface area contributed by atoms with Gasteiger partial charge < -0.3 is 189 Å². The third kappa shape index (κ3) is 32.7. The lowest BCUT2D eigenvalue weighted by Gasteiger charge is -2.49. The quantitative estimate of drug-likeness (QED) is 0.0118. The predicted octanol–water partition coefficient (Wildman–Crippen LogP) is -4.38. The second kappa shape index (κ2) is 55.8. The zero-order valence-electron chi connectivity index (χ0n) is 70.6. The molecule has 6 aliphatic heterocycles. The second-order valence-electron chi connectivity index (χ2n) is 33.3. The van der Waals surface area contributed by atoms with Crippen molar-refractivity contribution in [2.45, 2.75) is 427 Å². The Hall–Kier alpha value is -2.61. The molecule has 7 rings (SSSR count). The highest BCUT2D eigenvalue weighted by molar-refractivity contribution is 7.47. The topological polar surface area (TPSA) is 684 Å². The summed E-state index contributed by atoms with van der Waals surface area (Å²) in [6, 6.07) is 0. The number of carbonyl (C=O) groups is 2. The Labute approximate surface area is 721 Å². The summed E-state index contributed by atoms with van der Waals surface area (Å²) in [5.41, 5.74) is 0. The number of ether oxygens (including phenoxy) is 14. The third-order valence-corrected chi connectivity index (χ3v) is 24.4. The maximum atomic E-state index is 14.5. The Bertz CT molecular complexity index is 3000. The summed E-state index contributed by atoms with van der Waals surface area (Å²) in [4.78, 5) is 38.5. The number of carbonyl (C=O) groups excluding carboxylic acids is 2. The molecule has 0 bridgehead atoms. The van der Waals surface area contributed by atoms with Crippen LogP contribution in [0.2, 0.25) is 0 Å². The average Bonchev–Trinajstić information content (AvgIpc) is 0.755. The number of aliphatic hydroxyl groups is 23. The van der Waals surface area contributed by atoms with Gasteiger partial charge in [0.05, 0.1) is 46.2 Å². The van der Waals surface area contributed by atoms with Crippen molar-refractivity contribution in [3.63, 3.8) is 0 Å². The van der Waals surface area contributed by atoms with Gasteiger partial charge >= 0.3 is 19.8 Å². The van der Waals surface area contributed by atoms with Crippen molar-refractivity contribution in [1.82, 2.24) is 0 Å². The monoisotopic (exact) mass is 1820 g/mol. The van der Waals surface area contributed by atoms with Gasteiger partial charge in [0.1, 0.15) is 190 Å². The first-order valence-electron chi connectivity index (χ1n) is 44.1. The fourth-order valence-corrected chi connectivity index (χ4v) is 16.5. The van der Waals surface area contributed by atoms with Gasteiger partial charge in [0, 0.05) is 12.8 Å². The second-order valence-corrected chi connectivity index (χ2v) is 34.7. The maximum absolute atomic E-state index is 14.5. The van der Waals surface area contributed by atoms with Crippen LogP contribution in [0.25, 0.3) is 0 Å². The van der Waals surface area contributed by atoms with Crippen molar-refractivity contribution >= 4 is 19.8 Å². The van der Waals surface area contributed by atoms with Crippen molar-refractivity contribution < 1.29 is 212 Å². The molecule has 1 saturated carbocycles. The Kier molecular flexibility index (Phi) is 48.8. The van der Waals surface area contributed by atoms with E-state index in [2.05, 4.69) is 26.0 Å². The van der Waals surface area contributed by atoms with Crippen LogP contribution in [0.3, 0.4) is 0 Å². The van der Waals surface area contributed by atoms with Crippen LogP contribution in [-0.2, 0) is 89.5 Å². The van der Waals surface area contributed by atoms with E-state index >= 15 is 0 Å². The van der Waals surface area contributed by atoms with Gasteiger partial charge in [-0.3, -0.25) is 18.6 Å². The molecule has 44 heteroatoms. The van der Waals surface area contributed by atoms with E-state index in [1.165, 1.54) is 77.0 Å². The molecule has 0 radical (unpaired) electrons. The number of unbranched alkanes of at least 4 members (excludes halogenated alkanes) is 24. The summed E-state index contributed by atoms with van der Waals surface area (Å²) in [6.07, 6.45) is -45.0. The first kappa shape index (κ1) is 108. The van der Waals surface area contributed by atoms with Gasteiger partial charge in [0.25, 0.3) is 0 Å². The van der Waals surface area contributed by atoms with Gasteiger partial charge in [-0.25, -0.2) is 4.57 Å². The Morgan fingerprint density at radius 2 is 0.581 bits per heavy atom. The van der Waals surface area contributed by atoms with E-state index in [-0.39, 0.29) is 12.8 Å². The predicted molar refractivity (Wildman–Crippen MR) is 422 cm³/mol. The van der Waals surface area contributed by atoms with Gasteiger partial charge in [-0.2, -0.15) is 0 Å².